The van der Waals surface area contributed by atoms with E-state index in [1.165, 1.54) is 0 Å². The fraction of sp³-hybridized carbons (Fsp3) is 0.250. The molecule has 0 aromatic heterocycles. The van der Waals surface area contributed by atoms with Gasteiger partial charge in [0.05, 0.1) is 12.2 Å². The maximum atomic E-state index is 12.5. The number of halogens is 3. The fourth-order valence-corrected chi connectivity index (χ4v) is 1.52. The van der Waals surface area contributed by atoms with Gasteiger partial charge < -0.3 is 9.63 Å². The topological polar surface area (TPSA) is 87.0 Å². The highest BCUT2D eigenvalue weighted by Crippen LogP contribution is 2.44. The van der Waals surface area contributed by atoms with E-state index in [4.69, 9.17) is 14.9 Å². The number of hydrogen-bond donors (Lipinski definition) is 3. The molecule has 0 aliphatic heterocycles. The minimum absolute atomic E-state index is 0.0459. The van der Waals surface area contributed by atoms with Crippen LogP contribution in [0, 0.1) is 0 Å². The molecule has 0 bridgehead atoms. The lowest BCUT2D eigenvalue weighted by Gasteiger charge is -2.14. The summed E-state index contributed by atoms with van der Waals surface area (Å²) in [6.45, 7) is -0.626. The Hall–Kier alpha value is -1.08. The summed E-state index contributed by atoms with van der Waals surface area (Å²) in [5, 5.41) is 8.69. The van der Waals surface area contributed by atoms with Gasteiger partial charge in [-0.2, -0.15) is 13.2 Å². The number of phosphoric ester groups is 1. The van der Waals surface area contributed by atoms with Crippen LogP contribution >= 0.6 is 7.82 Å². The summed E-state index contributed by atoms with van der Waals surface area (Å²) >= 11 is 0. The minimum Gasteiger partial charge on any atom is -0.404 e. The molecule has 0 atom stereocenters. The van der Waals surface area contributed by atoms with Crippen LogP contribution in [0.4, 0.5) is 13.2 Å². The highest BCUT2D eigenvalue weighted by molar-refractivity contribution is 7.46. The second-order valence-electron chi connectivity index (χ2n) is 3.07. The Kier molecular flexibility index (Phi) is 3.83. The van der Waals surface area contributed by atoms with Gasteiger partial charge in [0.2, 0.25) is 0 Å². The van der Waals surface area contributed by atoms with E-state index in [0.29, 0.717) is 6.07 Å². The van der Waals surface area contributed by atoms with Crippen molar-refractivity contribution in [2.45, 2.75) is 12.8 Å². The number of aliphatic hydroxyl groups is 1. The van der Waals surface area contributed by atoms with E-state index in [-0.39, 0.29) is 5.56 Å². The Morgan fingerprint density at radius 3 is 2.29 bits per heavy atom. The summed E-state index contributed by atoms with van der Waals surface area (Å²) in [5.41, 5.74) is -1.40. The molecule has 96 valence electrons. The number of hydrogen-bond acceptors (Lipinski definition) is 3. The average Bonchev–Trinajstić information content (AvgIpc) is 2.14. The first-order valence-electron chi connectivity index (χ1n) is 4.19. The molecule has 0 aliphatic carbocycles. The maximum absolute atomic E-state index is 12.5. The summed E-state index contributed by atoms with van der Waals surface area (Å²) in [5.74, 6) is -0.983. The van der Waals surface area contributed by atoms with Gasteiger partial charge >= 0.3 is 14.0 Å². The summed E-state index contributed by atoms with van der Waals surface area (Å²) < 4.78 is 52.0. The SMILES string of the molecule is O=P(O)(O)Oc1ccc(CO)cc1C(F)(F)F. The van der Waals surface area contributed by atoms with Gasteiger partial charge in [-0.15, -0.1) is 0 Å². The predicted molar refractivity (Wildman–Crippen MR) is 50.0 cm³/mol. The van der Waals surface area contributed by atoms with Crippen LogP contribution in [0.3, 0.4) is 0 Å². The monoisotopic (exact) mass is 272 g/mol. The van der Waals surface area contributed by atoms with Crippen LogP contribution in [0.5, 0.6) is 5.75 Å². The van der Waals surface area contributed by atoms with Crippen molar-refractivity contribution in [1.82, 2.24) is 0 Å². The standard InChI is InChI=1S/C8H8F3O5P/c9-8(10,11)6-3-5(4-12)1-2-7(6)16-17(13,14)15/h1-3,12H,4H2,(H2,13,14,15). The zero-order valence-electron chi connectivity index (χ0n) is 8.18. The largest absolute Gasteiger partial charge is 0.524 e. The normalized spacial score (nSPS) is 12.6. The first-order valence-corrected chi connectivity index (χ1v) is 5.72. The third-order valence-corrected chi connectivity index (χ3v) is 2.18. The van der Waals surface area contributed by atoms with Crippen LogP contribution in [0.25, 0.3) is 0 Å². The lowest BCUT2D eigenvalue weighted by molar-refractivity contribution is -0.138. The molecule has 1 aromatic rings. The molecule has 1 aromatic carbocycles. The quantitative estimate of drug-likeness (QED) is 0.728. The van der Waals surface area contributed by atoms with Crippen molar-refractivity contribution in [3.05, 3.63) is 29.3 Å². The predicted octanol–water partition coefficient (Wildman–Crippen LogP) is 1.67. The number of alkyl halides is 3. The number of aliphatic hydroxyl groups excluding tert-OH is 1. The van der Waals surface area contributed by atoms with Crippen LogP contribution < -0.4 is 4.52 Å². The van der Waals surface area contributed by atoms with E-state index in [9.17, 15) is 17.7 Å². The molecule has 0 unspecified atom stereocenters. The van der Waals surface area contributed by atoms with E-state index >= 15 is 0 Å². The Balaban J connectivity index is 3.26. The fourth-order valence-electron chi connectivity index (χ4n) is 1.10. The molecule has 1 rings (SSSR count). The molecule has 0 spiro atoms. The average molecular weight is 272 g/mol. The van der Waals surface area contributed by atoms with Gasteiger partial charge in [-0.05, 0) is 17.7 Å². The first kappa shape index (κ1) is 14.0. The van der Waals surface area contributed by atoms with Crippen molar-refractivity contribution in [2.75, 3.05) is 0 Å². The molecule has 9 heteroatoms. The maximum Gasteiger partial charge on any atom is 0.524 e. The van der Waals surface area contributed by atoms with E-state index < -0.39 is 31.9 Å². The molecule has 0 saturated heterocycles. The highest BCUT2D eigenvalue weighted by Gasteiger charge is 2.36. The third-order valence-electron chi connectivity index (χ3n) is 1.75. The zero-order valence-corrected chi connectivity index (χ0v) is 9.07. The molecular formula is C8H8F3O5P. The van der Waals surface area contributed by atoms with Gasteiger partial charge in [0, 0.05) is 0 Å². The van der Waals surface area contributed by atoms with Gasteiger partial charge in [-0.1, -0.05) is 6.07 Å². The summed E-state index contributed by atoms with van der Waals surface area (Å²) in [6, 6.07) is 2.37. The summed E-state index contributed by atoms with van der Waals surface area (Å²) in [4.78, 5) is 16.9. The van der Waals surface area contributed by atoms with Crippen molar-refractivity contribution < 1.29 is 37.2 Å². The van der Waals surface area contributed by atoms with E-state index in [2.05, 4.69) is 4.52 Å². The van der Waals surface area contributed by atoms with Gasteiger partial charge in [0.1, 0.15) is 5.75 Å². The van der Waals surface area contributed by atoms with Gasteiger partial charge in [-0.3, -0.25) is 9.79 Å². The Bertz CT molecular complexity index is 453. The number of benzene rings is 1. The van der Waals surface area contributed by atoms with Crippen LogP contribution in [0.2, 0.25) is 0 Å². The van der Waals surface area contributed by atoms with Crippen molar-refractivity contribution >= 4 is 7.82 Å². The zero-order chi connectivity index (χ0) is 13.3. The number of rotatable bonds is 3. The summed E-state index contributed by atoms with van der Waals surface area (Å²) in [7, 11) is -5.07. The van der Waals surface area contributed by atoms with Crippen LogP contribution in [0.1, 0.15) is 11.1 Å². The van der Waals surface area contributed by atoms with Gasteiger partial charge in [-0.25, -0.2) is 4.57 Å². The van der Waals surface area contributed by atoms with Crippen molar-refractivity contribution in [3.8, 4) is 5.75 Å². The molecule has 0 heterocycles. The van der Waals surface area contributed by atoms with E-state index in [0.717, 1.165) is 12.1 Å². The Morgan fingerprint density at radius 1 is 1.29 bits per heavy atom. The first-order chi connectivity index (χ1) is 7.63. The van der Waals surface area contributed by atoms with Gasteiger partial charge in [0.25, 0.3) is 0 Å². The second-order valence-corrected chi connectivity index (χ2v) is 4.23. The molecule has 0 saturated carbocycles. The molecule has 0 fully saturated rings. The lowest BCUT2D eigenvalue weighted by Crippen LogP contribution is -2.08. The highest BCUT2D eigenvalue weighted by atomic mass is 31.2. The molecule has 17 heavy (non-hydrogen) atoms. The van der Waals surface area contributed by atoms with Crippen molar-refractivity contribution in [1.29, 1.82) is 0 Å². The second kappa shape index (κ2) is 4.66. The lowest BCUT2D eigenvalue weighted by atomic mass is 10.1. The third kappa shape index (κ3) is 4.01. The summed E-state index contributed by atoms with van der Waals surface area (Å²) in [6.07, 6.45) is -4.84. The van der Waals surface area contributed by atoms with E-state index in [1.807, 2.05) is 0 Å². The number of phosphoric acid groups is 1. The molecule has 0 amide bonds. The Labute approximate surface area is 93.7 Å². The minimum atomic E-state index is -5.07. The molecule has 0 radical (unpaired) electrons. The Morgan fingerprint density at radius 2 is 1.88 bits per heavy atom. The molecule has 0 aliphatic rings. The van der Waals surface area contributed by atoms with Crippen LogP contribution in [0.15, 0.2) is 18.2 Å². The molecule has 5 nitrogen and oxygen atoms in total. The van der Waals surface area contributed by atoms with Crippen molar-refractivity contribution in [2.24, 2.45) is 0 Å². The smallest absolute Gasteiger partial charge is 0.404 e. The van der Waals surface area contributed by atoms with Gasteiger partial charge in [0.15, 0.2) is 0 Å². The van der Waals surface area contributed by atoms with Crippen LogP contribution in [-0.4, -0.2) is 14.9 Å². The molecule has 3 N–H and O–H groups in total. The molecular weight excluding hydrogens is 264 g/mol. The van der Waals surface area contributed by atoms with Crippen molar-refractivity contribution in [3.63, 3.8) is 0 Å². The van der Waals surface area contributed by atoms with Crippen LogP contribution in [-0.2, 0) is 17.3 Å². The van der Waals surface area contributed by atoms with E-state index in [1.54, 1.807) is 0 Å².